The average molecular weight is 360 g/mol. The summed E-state index contributed by atoms with van der Waals surface area (Å²) in [6.45, 7) is 5.42. The zero-order valence-corrected chi connectivity index (χ0v) is 15.8. The van der Waals surface area contributed by atoms with Crippen LogP contribution in [-0.2, 0) is 0 Å². The molecule has 1 fully saturated rings. The Morgan fingerprint density at radius 1 is 0.926 bits per heavy atom. The van der Waals surface area contributed by atoms with Gasteiger partial charge in [0, 0.05) is 37.3 Å². The number of rotatable bonds is 3. The first kappa shape index (κ1) is 17.5. The number of aryl methyl sites for hydroxylation is 1. The van der Waals surface area contributed by atoms with Gasteiger partial charge in [0.15, 0.2) is 0 Å². The monoisotopic (exact) mass is 360 g/mol. The number of amides is 1. The number of carbonyl (C=O) groups is 1. The van der Waals surface area contributed by atoms with E-state index in [4.69, 9.17) is 0 Å². The maximum atomic E-state index is 12.7. The molecule has 0 N–H and O–H groups in total. The van der Waals surface area contributed by atoms with Crippen molar-refractivity contribution in [1.82, 2.24) is 19.6 Å². The Labute approximate surface area is 159 Å². The average Bonchev–Trinajstić information content (AvgIpc) is 3.10. The molecule has 0 aliphatic carbocycles. The zero-order valence-electron chi connectivity index (χ0n) is 15.8. The summed E-state index contributed by atoms with van der Waals surface area (Å²) in [5.41, 5.74) is 4.82. The van der Waals surface area contributed by atoms with E-state index in [1.54, 1.807) is 0 Å². The number of nitrogens with zero attached hydrogens (tertiary/aromatic N) is 4. The van der Waals surface area contributed by atoms with Gasteiger partial charge in [-0.05, 0) is 44.3 Å². The van der Waals surface area contributed by atoms with E-state index in [1.807, 2.05) is 59.0 Å². The third-order valence-electron chi connectivity index (χ3n) is 5.05. The molecule has 1 aliphatic heterocycles. The summed E-state index contributed by atoms with van der Waals surface area (Å²) in [6, 6.07) is 20.1. The standard InChI is InChI=1S/C22H24N4O/c1-17-16-21(18-6-4-3-5-7-18)26(23-17)20-10-8-19(9-11-20)22(27)25-14-12-24(2)13-15-25/h3-11,16H,12-15H2,1-2H3. The van der Waals surface area contributed by atoms with Crippen LogP contribution in [0.2, 0.25) is 0 Å². The molecule has 1 saturated heterocycles. The van der Waals surface area contributed by atoms with Gasteiger partial charge in [-0.3, -0.25) is 4.79 Å². The molecule has 0 atom stereocenters. The van der Waals surface area contributed by atoms with Crippen molar-refractivity contribution in [2.24, 2.45) is 0 Å². The van der Waals surface area contributed by atoms with Gasteiger partial charge < -0.3 is 9.80 Å². The molecule has 138 valence electrons. The van der Waals surface area contributed by atoms with E-state index in [1.165, 1.54) is 0 Å². The number of carbonyl (C=O) groups excluding carboxylic acids is 1. The highest BCUT2D eigenvalue weighted by Crippen LogP contribution is 2.24. The Balaban J connectivity index is 1.59. The van der Waals surface area contributed by atoms with E-state index in [2.05, 4.69) is 35.2 Å². The third kappa shape index (κ3) is 3.64. The van der Waals surface area contributed by atoms with Crippen molar-refractivity contribution in [3.8, 4) is 16.9 Å². The van der Waals surface area contributed by atoms with E-state index in [0.717, 1.165) is 54.4 Å². The molecule has 0 spiro atoms. The van der Waals surface area contributed by atoms with Gasteiger partial charge in [0.2, 0.25) is 0 Å². The zero-order chi connectivity index (χ0) is 18.8. The molecule has 5 nitrogen and oxygen atoms in total. The lowest BCUT2D eigenvalue weighted by Crippen LogP contribution is -2.47. The van der Waals surface area contributed by atoms with Crippen LogP contribution in [0.25, 0.3) is 16.9 Å². The minimum atomic E-state index is 0.106. The smallest absolute Gasteiger partial charge is 0.253 e. The van der Waals surface area contributed by atoms with Gasteiger partial charge in [0.25, 0.3) is 5.91 Å². The second-order valence-electron chi connectivity index (χ2n) is 7.09. The molecule has 1 aromatic heterocycles. The number of hydrogen-bond donors (Lipinski definition) is 0. The molecule has 2 aromatic carbocycles. The van der Waals surface area contributed by atoms with E-state index in [-0.39, 0.29) is 5.91 Å². The van der Waals surface area contributed by atoms with Crippen LogP contribution in [0, 0.1) is 6.92 Å². The van der Waals surface area contributed by atoms with Gasteiger partial charge in [-0.25, -0.2) is 4.68 Å². The molecular formula is C22H24N4O. The van der Waals surface area contributed by atoms with Crippen molar-refractivity contribution in [2.75, 3.05) is 33.2 Å². The Hall–Kier alpha value is -2.92. The van der Waals surface area contributed by atoms with Crippen LogP contribution in [0.1, 0.15) is 16.1 Å². The molecule has 5 heteroatoms. The van der Waals surface area contributed by atoms with Crippen molar-refractivity contribution in [3.05, 3.63) is 71.9 Å². The topological polar surface area (TPSA) is 41.4 Å². The van der Waals surface area contributed by atoms with Crippen LogP contribution >= 0.6 is 0 Å². The van der Waals surface area contributed by atoms with Gasteiger partial charge in [0.05, 0.1) is 17.1 Å². The summed E-state index contributed by atoms with van der Waals surface area (Å²) in [5.74, 6) is 0.106. The fourth-order valence-corrected chi connectivity index (χ4v) is 3.45. The number of piperazine rings is 1. The summed E-state index contributed by atoms with van der Waals surface area (Å²) < 4.78 is 1.94. The lowest BCUT2D eigenvalue weighted by Gasteiger charge is -2.32. The molecule has 3 aromatic rings. The van der Waals surface area contributed by atoms with E-state index in [0.29, 0.717) is 0 Å². The van der Waals surface area contributed by atoms with Crippen LogP contribution in [0.4, 0.5) is 0 Å². The Morgan fingerprint density at radius 3 is 2.26 bits per heavy atom. The lowest BCUT2D eigenvalue weighted by atomic mass is 10.1. The quantitative estimate of drug-likeness (QED) is 0.720. The second-order valence-corrected chi connectivity index (χ2v) is 7.09. The normalized spacial score (nSPS) is 15.1. The fourth-order valence-electron chi connectivity index (χ4n) is 3.45. The molecule has 1 aliphatic rings. The molecule has 0 unspecified atom stereocenters. The molecule has 0 saturated carbocycles. The first-order valence-corrected chi connectivity index (χ1v) is 9.32. The first-order valence-electron chi connectivity index (χ1n) is 9.32. The first-order chi connectivity index (χ1) is 13.1. The minimum absolute atomic E-state index is 0.106. The predicted molar refractivity (Wildman–Crippen MR) is 107 cm³/mol. The van der Waals surface area contributed by atoms with Crippen LogP contribution in [0.5, 0.6) is 0 Å². The number of hydrogen-bond acceptors (Lipinski definition) is 3. The van der Waals surface area contributed by atoms with Crippen LogP contribution in [0.3, 0.4) is 0 Å². The minimum Gasteiger partial charge on any atom is -0.336 e. The van der Waals surface area contributed by atoms with Crippen molar-refractivity contribution in [1.29, 1.82) is 0 Å². The second kappa shape index (κ2) is 7.37. The molecular weight excluding hydrogens is 336 g/mol. The number of likely N-dealkylation sites (N-methyl/N-ethyl adjacent to an activating group) is 1. The lowest BCUT2D eigenvalue weighted by molar-refractivity contribution is 0.0664. The Kier molecular flexibility index (Phi) is 4.77. The highest BCUT2D eigenvalue weighted by atomic mass is 16.2. The van der Waals surface area contributed by atoms with Crippen molar-refractivity contribution in [3.63, 3.8) is 0 Å². The maximum absolute atomic E-state index is 12.7. The highest BCUT2D eigenvalue weighted by molar-refractivity contribution is 5.94. The highest BCUT2D eigenvalue weighted by Gasteiger charge is 2.20. The molecule has 1 amide bonds. The summed E-state index contributed by atoms with van der Waals surface area (Å²) in [5, 5.41) is 4.65. The molecule has 27 heavy (non-hydrogen) atoms. The number of benzene rings is 2. The molecule has 0 radical (unpaired) electrons. The predicted octanol–water partition coefficient (Wildman–Crippen LogP) is 3.24. The Bertz CT molecular complexity index is 923. The molecule has 4 rings (SSSR count). The van der Waals surface area contributed by atoms with E-state index in [9.17, 15) is 4.79 Å². The maximum Gasteiger partial charge on any atom is 0.253 e. The summed E-state index contributed by atoms with van der Waals surface area (Å²) >= 11 is 0. The van der Waals surface area contributed by atoms with Gasteiger partial charge >= 0.3 is 0 Å². The van der Waals surface area contributed by atoms with Crippen LogP contribution in [0.15, 0.2) is 60.7 Å². The molecule has 0 bridgehead atoms. The third-order valence-corrected chi connectivity index (χ3v) is 5.05. The van der Waals surface area contributed by atoms with Crippen molar-refractivity contribution in [2.45, 2.75) is 6.92 Å². The van der Waals surface area contributed by atoms with Crippen LogP contribution < -0.4 is 0 Å². The number of aromatic nitrogens is 2. The Morgan fingerprint density at radius 2 is 1.59 bits per heavy atom. The van der Waals surface area contributed by atoms with E-state index < -0.39 is 0 Å². The summed E-state index contributed by atoms with van der Waals surface area (Å²) in [4.78, 5) is 16.9. The van der Waals surface area contributed by atoms with Gasteiger partial charge in [-0.2, -0.15) is 5.10 Å². The van der Waals surface area contributed by atoms with Crippen LogP contribution in [-0.4, -0.2) is 58.7 Å². The van der Waals surface area contributed by atoms with Crippen molar-refractivity contribution < 1.29 is 4.79 Å². The van der Waals surface area contributed by atoms with Gasteiger partial charge in [0.1, 0.15) is 0 Å². The van der Waals surface area contributed by atoms with E-state index >= 15 is 0 Å². The largest absolute Gasteiger partial charge is 0.336 e. The summed E-state index contributed by atoms with van der Waals surface area (Å²) in [6.07, 6.45) is 0. The SMILES string of the molecule is Cc1cc(-c2ccccc2)n(-c2ccc(C(=O)N3CCN(C)CC3)cc2)n1. The fraction of sp³-hybridized carbons (Fsp3) is 0.273. The van der Waals surface area contributed by atoms with Crippen molar-refractivity contribution >= 4 is 5.91 Å². The van der Waals surface area contributed by atoms with Gasteiger partial charge in [-0.15, -0.1) is 0 Å². The van der Waals surface area contributed by atoms with Gasteiger partial charge in [-0.1, -0.05) is 30.3 Å². The summed E-state index contributed by atoms with van der Waals surface area (Å²) in [7, 11) is 2.09. The molecule has 2 heterocycles.